The molecular formula is C19H27Cl2N5O. The minimum atomic E-state index is -0.255. The van der Waals surface area contributed by atoms with Crippen LogP contribution in [0.2, 0.25) is 10.0 Å². The smallest absolute Gasteiger partial charge is 0.293 e. The molecule has 0 radical (unpaired) electrons. The summed E-state index contributed by atoms with van der Waals surface area (Å²) in [5.41, 5.74) is 6.61. The molecule has 2 aromatic rings. The van der Waals surface area contributed by atoms with Gasteiger partial charge in [-0.2, -0.15) is 0 Å². The molecule has 2 N–H and O–H groups in total. The Hall–Kier alpha value is -1.63. The third-order valence-corrected chi connectivity index (χ3v) is 5.10. The number of hydrogen-bond donors (Lipinski definition) is 1. The Labute approximate surface area is 170 Å². The number of benzene rings is 1. The highest BCUT2D eigenvalue weighted by Crippen LogP contribution is 2.30. The minimum Gasteiger partial charge on any atom is -0.339 e. The number of hydrogen-bond acceptors (Lipinski definition) is 4. The fourth-order valence-corrected chi connectivity index (χ4v) is 3.15. The lowest BCUT2D eigenvalue weighted by Crippen LogP contribution is -2.35. The molecule has 1 unspecified atom stereocenters. The summed E-state index contributed by atoms with van der Waals surface area (Å²) in [6, 6.07) is 5.27. The van der Waals surface area contributed by atoms with Crippen molar-refractivity contribution >= 4 is 29.1 Å². The van der Waals surface area contributed by atoms with Crippen molar-refractivity contribution in [3.05, 3.63) is 39.9 Å². The van der Waals surface area contributed by atoms with Gasteiger partial charge in [-0.05, 0) is 24.5 Å². The number of para-hydroxylation sites is 1. The second-order valence-electron chi connectivity index (χ2n) is 7.35. The monoisotopic (exact) mass is 411 g/mol. The SMILES string of the molecule is CC(C)c1nc(C(=O)N(C)CCC(N)C(C)C)nn1-c1c(Cl)cccc1Cl. The van der Waals surface area contributed by atoms with E-state index in [1.165, 1.54) is 0 Å². The molecule has 0 bridgehead atoms. The fourth-order valence-electron chi connectivity index (χ4n) is 2.59. The quantitative estimate of drug-likeness (QED) is 0.742. The Morgan fingerprint density at radius 2 is 1.81 bits per heavy atom. The van der Waals surface area contributed by atoms with Crippen molar-refractivity contribution in [3.63, 3.8) is 0 Å². The summed E-state index contributed by atoms with van der Waals surface area (Å²) < 4.78 is 1.57. The normalized spacial score (nSPS) is 12.7. The molecule has 6 nitrogen and oxygen atoms in total. The van der Waals surface area contributed by atoms with Gasteiger partial charge in [0.15, 0.2) is 0 Å². The van der Waals surface area contributed by atoms with Gasteiger partial charge in [0.25, 0.3) is 5.91 Å². The summed E-state index contributed by atoms with van der Waals surface area (Å²) in [6.45, 7) is 8.63. The van der Waals surface area contributed by atoms with Crippen molar-refractivity contribution in [2.45, 2.75) is 46.1 Å². The average molecular weight is 412 g/mol. The van der Waals surface area contributed by atoms with Crippen LogP contribution in [0.15, 0.2) is 18.2 Å². The number of nitrogens with zero attached hydrogens (tertiary/aromatic N) is 4. The van der Waals surface area contributed by atoms with Crippen molar-refractivity contribution in [3.8, 4) is 5.69 Å². The Balaban J connectivity index is 2.33. The van der Waals surface area contributed by atoms with Crippen LogP contribution >= 0.6 is 23.2 Å². The van der Waals surface area contributed by atoms with Crippen LogP contribution in [0.1, 0.15) is 56.5 Å². The molecule has 0 saturated carbocycles. The molecule has 1 aromatic carbocycles. The number of rotatable bonds is 7. The molecule has 0 spiro atoms. The number of amides is 1. The number of carbonyl (C=O) groups excluding carboxylic acids is 1. The van der Waals surface area contributed by atoms with E-state index in [2.05, 4.69) is 23.9 Å². The predicted molar refractivity (Wildman–Crippen MR) is 110 cm³/mol. The summed E-state index contributed by atoms with van der Waals surface area (Å²) in [5, 5.41) is 5.32. The van der Waals surface area contributed by atoms with Crippen molar-refractivity contribution in [2.24, 2.45) is 11.7 Å². The van der Waals surface area contributed by atoms with Crippen LogP contribution in [0.3, 0.4) is 0 Å². The molecule has 27 heavy (non-hydrogen) atoms. The summed E-state index contributed by atoms with van der Waals surface area (Å²) in [5.74, 6) is 0.887. The highest BCUT2D eigenvalue weighted by molar-refractivity contribution is 6.37. The second-order valence-corrected chi connectivity index (χ2v) is 8.17. The molecule has 2 rings (SSSR count). The van der Waals surface area contributed by atoms with Crippen molar-refractivity contribution in [2.75, 3.05) is 13.6 Å². The fraction of sp³-hybridized carbons (Fsp3) is 0.526. The zero-order valence-electron chi connectivity index (χ0n) is 16.4. The van der Waals surface area contributed by atoms with E-state index in [9.17, 15) is 4.79 Å². The highest BCUT2D eigenvalue weighted by atomic mass is 35.5. The minimum absolute atomic E-state index is 0.0334. The maximum absolute atomic E-state index is 12.8. The van der Waals surface area contributed by atoms with Crippen LogP contribution in [0.4, 0.5) is 0 Å². The molecular weight excluding hydrogens is 385 g/mol. The zero-order valence-corrected chi connectivity index (χ0v) is 17.9. The second kappa shape index (κ2) is 9.04. The Morgan fingerprint density at radius 1 is 1.22 bits per heavy atom. The van der Waals surface area contributed by atoms with Gasteiger partial charge in [0.05, 0.1) is 10.0 Å². The number of halogens is 2. The van der Waals surface area contributed by atoms with Crippen LogP contribution < -0.4 is 5.73 Å². The Kier molecular flexibility index (Phi) is 7.25. The van der Waals surface area contributed by atoms with Gasteiger partial charge < -0.3 is 10.6 Å². The maximum Gasteiger partial charge on any atom is 0.293 e. The van der Waals surface area contributed by atoms with E-state index in [0.29, 0.717) is 40.4 Å². The average Bonchev–Trinajstić information content (AvgIpc) is 3.03. The van der Waals surface area contributed by atoms with Crippen LogP contribution in [-0.2, 0) is 0 Å². The van der Waals surface area contributed by atoms with Crippen LogP contribution in [0.5, 0.6) is 0 Å². The van der Waals surface area contributed by atoms with Gasteiger partial charge in [0.1, 0.15) is 11.5 Å². The van der Waals surface area contributed by atoms with Gasteiger partial charge in [-0.1, -0.05) is 57.0 Å². The molecule has 0 aliphatic rings. The van der Waals surface area contributed by atoms with Crippen molar-refractivity contribution < 1.29 is 4.79 Å². The van der Waals surface area contributed by atoms with E-state index in [4.69, 9.17) is 28.9 Å². The molecule has 0 fully saturated rings. The lowest BCUT2D eigenvalue weighted by Gasteiger charge is -2.20. The standard InChI is InChI=1S/C19H27Cl2N5O/c1-11(2)15(22)9-10-25(5)19(27)17-23-18(12(3)4)26(24-17)16-13(20)7-6-8-14(16)21/h6-8,11-12,15H,9-10,22H2,1-5H3. The van der Waals surface area contributed by atoms with E-state index in [-0.39, 0.29) is 23.7 Å². The topological polar surface area (TPSA) is 77.0 Å². The molecule has 1 heterocycles. The molecule has 148 valence electrons. The zero-order chi connectivity index (χ0) is 20.3. The maximum atomic E-state index is 12.8. The van der Waals surface area contributed by atoms with Gasteiger partial charge in [-0.3, -0.25) is 4.79 Å². The van der Waals surface area contributed by atoms with Crippen molar-refractivity contribution in [1.29, 1.82) is 0 Å². The van der Waals surface area contributed by atoms with Crippen LogP contribution in [0.25, 0.3) is 5.69 Å². The van der Waals surface area contributed by atoms with E-state index in [0.717, 1.165) is 0 Å². The van der Waals surface area contributed by atoms with E-state index in [1.54, 1.807) is 34.8 Å². The molecule has 8 heteroatoms. The predicted octanol–water partition coefficient (Wildman–Crippen LogP) is 4.14. The van der Waals surface area contributed by atoms with E-state index in [1.807, 2.05) is 13.8 Å². The molecule has 0 saturated heterocycles. The van der Waals surface area contributed by atoms with Crippen molar-refractivity contribution in [1.82, 2.24) is 19.7 Å². The molecule has 1 amide bonds. The number of aromatic nitrogens is 3. The van der Waals surface area contributed by atoms with E-state index < -0.39 is 0 Å². The lowest BCUT2D eigenvalue weighted by molar-refractivity contribution is 0.0777. The largest absolute Gasteiger partial charge is 0.339 e. The molecule has 0 aliphatic heterocycles. The lowest BCUT2D eigenvalue weighted by atomic mass is 10.0. The Bertz CT molecular complexity index is 783. The summed E-state index contributed by atoms with van der Waals surface area (Å²) in [7, 11) is 1.73. The van der Waals surface area contributed by atoms with Crippen LogP contribution in [0, 0.1) is 5.92 Å². The molecule has 1 atom stereocenters. The summed E-state index contributed by atoms with van der Waals surface area (Å²) in [4.78, 5) is 18.9. The first kappa shape index (κ1) is 21.7. The summed E-state index contributed by atoms with van der Waals surface area (Å²) in [6.07, 6.45) is 0.716. The van der Waals surface area contributed by atoms with E-state index >= 15 is 0 Å². The first-order valence-electron chi connectivity index (χ1n) is 9.05. The van der Waals surface area contributed by atoms with Crippen LogP contribution in [-0.4, -0.2) is 45.2 Å². The number of carbonyl (C=O) groups is 1. The first-order valence-corrected chi connectivity index (χ1v) is 9.81. The molecule has 1 aromatic heterocycles. The van der Waals surface area contributed by atoms with Gasteiger partial charge in [-0.15, -0.1) is 5.10 Å². The van der Waals surface area contributed by atoms with Gasteiger partial charge >= 0.3 is 0 Å². The highest BCUT2D eigenvalue weighted by Gasteiger charge is 2.24. The first-order chi connectivity index (χ1) is 12.6. The molecule has 0 aliphatic carbocycles. The Morgan fingerprint density at radius 3 is 2.33 bits per heavy atom. The summed E-state index contributed by atoms with van der Waals surface area (Å²) >= 11 is 12.6. The van der Waals surface area contributed by atoms with Gasteiger partial charge in [0.2, 0.25) is 5.82 Å². The third-order valence-electron chi connectivity index (χ3n) is 4.49. The van der Waals surface area contributed by atoms with Gasteiger partial charge in [0, 0.05) is 25.6 Å². The number of nitrogens with two attached hydrogens (primary N) is 1. The third kappa shape index (κ3) is 5.00. The van der Waals surface area contributed by atoms with Gasteiger partial charge in [-0.25, -0.2) is 9.67 Å².